The number of fused-ring (bicyclic) bond motifs is 1. The van der Waals surface area contributed by atoms with Gasteiger partial charge in [-0.1, -0.05) is 39.1 Å². The first-order valence-electron chi connectivity index (χ1n) is 6.40. The van der Waals surface area contributed by atoms with Gasteiger partial charge in [-0.05, 0) is 23.8 Å². The highest BCUT2D eigenvalue weighted by atomic mass is 79.9. The molecule has 3 rings (SSSR count). The average molecular weight is 389 g/mol. The minimum Gasteiger partial charge on any atom is -0.486 e. The molecule has 0 spiro atoms. The molecule has 6 heteroatoms. The molecule has 0 atom stereocenters. The summed E-state index contributed by atoms with van der Waals surface area (Å²) in [5, 5.41) is 4.58. The molecule has 0 aromatic heterocycles. The van der Waals surface area contributed by atoms with E-state index in [1.54, 1.807) is 6.07 Å². The molecule has 1 aliphatic rings. The molecule has 1 heterocycles. The fourth-order valence-electron chi connectivity index (χ4n) is 2.07. The molecule has 0 amide bonds. The second-order valence-corrected chi connectivity index (χ2v) is 6.26. The molecule has 0 saturated heterocycles. The maximum absolute atomic E-state index is 6.26. The quantitative estimate of drug-likeness (QED) is 0.789. The van der Waals surface area contributed by atoms with E-state index in [4.69, 9.17) is 32.7 Å². The summed E-state index contributed by atoms with van der Waals surface area (Å²) in [6.45, 7) is 1.69. The van der Waals surface area contributed by atoms with E-state index in [0.717, 1.165) is 15.7 Å². The van der Waals surface area contributed by atoms with Crippen molar-refractivity contribution < 1.29 is 9.47 Å². The van der Waals surface area contributed by atoms with Gasteiger partial charge in [0.25, 0.3) is 0 Å². The Morgan fingerprint density at radius 3 is 2.52 bits per heavy atom. The number of hydrogen-bond donors (Lipinski definition) is 1. The Labute approximate surface area is 141 Å². The number of hydrogen-bond acceptors (Lipinski definition) is 3. The number of nitrogens with one attached hydrogen (secondary N) is 1. The Balaban J connectivity index is 1.80. The largest absolute Gasteiger partial charge is 0.486 e. The third-order valence-electron chi connectivity index (χ3n) is 3.11. The zero-order valence-electron chi connectivity index (χ0n) is 11.0. The van der Waals surface area contributed by atoms with E-state index < -0.39 is 0 Å². The van der Waals surface area contributed by atoms with Gasteiger partial charge in [-0.2, -0.15) is 0 Å². The number of benzene rings is 2. The number of halogens is 3. The summed E-state index contributed by atoms with van der Waals surface area (Å²) < 4.78 is 12.0. The second-order valence-electron chi connectivity index (χ2n) is 4.56. The molecular weight excluding hydrogens is 377 g/mol. The molecular formula is C15H12BrCl2NO2. The van der Waals surface area contributed by atoms with Gasteiger partial charge in [0.15, 0.2) is 11.5 Å². The lowest BCUT2D eigenvalue weighted by Gasteiger charge is -2.20. The molecule has 21 heavy (non-hydrogen) atoms. The molecule has 2 aromatic carbocycles. The molecule has 0 bridgehead atoms. The monoisotopic (exact) mass is 387 g/mol. The van der Waals surface area contributed by atoms with Crippen molar-refractivity contribution in [3.8, 4) is 11.5 Å². The molecule has 1 aliphatic heterocycles. The van der Waals surface area contributed by atoms with Crippen LogP contribution < -0.4 is 14.8 Å². The maximum Gasteiger partial charge on any atom is 0.163 e. The predicted molar refractivity (Wildman–Crippen MR) is 88.9 cm³/mol. The molecule has 0 fully saturated rings. The van der Waals surface area contributed by atoms with Crippen molar-refractivity contribution in [2.24, 2.45) is 0 Å². The Bertz CT molecular complexity index is 679. The van der Waals surface area contributed by atoms with Crippen LogP contribution in [0.15, 0.2) is 34.8 Å². The zero-order valence-corrected chi connectivity index (χ0v) is 14.1. The summed E-state index contributed by atoms with van der Waals surface area (Å²) in [4.78, 5) is 0. The summed E-state index contributed by atoms with van der Waals surface area (Å²) in [5.41, 5.74) is 1.85. The molecule has 0 radical (unpaired) electrons. The third kappa shape index (κ3) is 3.39. The Kier molecular flexibility index (Phi) is 4.48. The van der Waals surface area contributed by atoms with E-state index in [2.05, 4.69) is 21.2 Å². The minimum absolute atomic E-state index is 0.547. The van der Waals surface area contributed by atoms with Crippen LogP contribution in [0.4, 0.5) is 5.69 Å². The maximum atomic E-state index is 6.26. The van der Waals surface area contributed by atoms with E-state index in [0.29, 0.717) is 41.3 Å². The van der Waals surface area contributed by atoms with E-state index in [-0.39, 0.29) is 0 Å². The van der Waals surface area contributed by atoms with Crippen LogP contribution in [0.1, 0.15) is 5.56 Å². The first kappa shape index (κ1) is 14.8. The second kappa shape index (κ2) is 6.34. The highest BCUT2D eigenvalue weighted by Gasteiger charge is 2.15. The standard InChI is InChI=1S/C15H12BrCl2NO2/c16-11-2-1-10(17)5-9(11)8-19-13-7-15-14(6-12(13)18)20-3-4-21-15/h1-2,5-7,19H,3-4,8H2. The first-order valence-corrected chi connectivity index (χ1v) is 7.95. The van der Waals surface area contributed by atoms with Gasteiger partial charge < -0.3 is 14.8 Å². The van der Waals surface area contributed by atoms with E-state index in [9.17, 15) is 0 Å². The summed E-state index contributed by atoms with van der Waals surface area (Å²) in [6.07, 6.45) is 0. The zero-order chi connectivity index (χ0) is 14.8. The van der Waals surface area contributed by atoms with Gasteiger partial charge >= 0.3 is 0 Å². The topological polar surface area (TPSA) is 30.5 Å². The fourth-order valence-corrected chi connectivity index (χ4v) is 2.87. The number of anilines is 1. The van der Waals surface area contributed by atoms with Crippen LogP contribution in [0.5, 0.6) is 11.5 Å². The van der Waals surface area contributed by atoms with Crippen molar-refractivity contribution >= 4 is 44.8 Å². The van der Waals surface area contributed by atoms with Crippen LogP contribution in [0.3, 0.4) is 0 Å². The lowest BCUT2D eigenvalue weighted by atomic mass is 10.2. The Morgan fingerprint density at radius 1 is 1.05 bits per heavy atom. The van der Waals surface area contributed by atoms with Crippen LogP contribution in [-0.4, -0.2) is 13.2 Å². The third-order valence-corrected chi connectivity index (χ3v) is 4.43. The van der Waals surface area contributed by atoms with E-state index in [1.165, 1.54) is 0 Å². The molecule has 1 N–H and O–H groups in total. The van der Waals surface area contributed by atoms with E-state index >= 15 is 0 Å². The van der Waals surface area contributed by atoms with Crippen molar-refractivity contribution in [3.63, 3.8) is 0 Å². The first-order chi connectivity index (χ1) is 10.1. The van der Waals surface area contributed by atoms with Gasteiger partial charge in [0.05, 0.1) is 10.7 Å². The van der Waals surface area contributed by atoms with Crippen molar-refractivity contribution in [2.75, 3.05) is 18.5 Å². The molecule has 0 unspecified atom stereocenters. The van der Waals surface area contributed by atoms with Crippen LogP contribution >= 0.6 is 39.1 Å². The van der Waals surface area contributed by atoms with Crippen LogP contribution in [0, 0.1) is 0 Å². The highest BCUT2D eigenvalue weighted by molar-refractivity contribution is 9.10. The van der Waals surface area contributed by atoms with E-state index in [1.807, 2.05) is 24.3 Å². The Hall–Kier alpha value is -1.10. The fraction of sp³-hybridized carbons (Fsp3) is 0.200. The minimum atomic E-state index is 0.547. The average Bonchev–Trinajstić information content (AvgIpc) is 2.48. The van der Waals surface area contributed by atoms with Gasteiger partial charge in [0, 0.05) is 28.2 Å². The number of ether oxygens (including phenoxy) is 2. The van der Waals surface area contributed by atoms with Crippen molar-refractivity contribution in [1.82, 2.24) is 0 Å². The molecule has 110 valence electrons. The van der Waals surface area contributed by atoms with Gasteiger partial charge in [0.1, 0.15) is 13.2 Å². The van der Waals surface area contributed by atoms with Gasteiger partial charge in [-0.25, -0.2) is 0 Å². The Morgan fingerprint density at radius 2 is 1.76 bits per heavy atom. The lowest BCUT2D eigenvalue weighted by Crippen LogP contribution is -2.15. The lowest BCUT2D eigenvalue weighted by molar-refractivity contribution is 0.171. The number of rotatable bonds is 3. The SMILES string of the molecule is Clc1ccc(Br)c(CNc2cc3c(cc2Cl)OCCO3)c1. The predicted octanol–water partition coefficient (Wildman–Crippen LogP) is 5.14. The molecule has 0 aliphatic carbocycles. The van der Waals surface area contributed by atoms with Gasteiger partial charge in [-0.15, -0.1) is 0 Å². The molecule has 3 nitrogen and oxygen atoms in total. The van der Waals surface area contributed by atoms with Gasteiger partial charge in [-0.3, -0.25) is 0 Å². The van der Waals surface area contributed by atoms with Crippen LogP contribution in [-0.2, 0) is 6.54 Å². The van der Waals surface area contributed by atoms with Crippen LogP contribution in [0.2, 0.25) is 10.0 Å². The van der Waals surface area contributed by atoms with Gasteiger partial charge in [0.2, 0.25) is 0 Å². The van der Waals surface area contributed by atoms with Crippen LogP contribution in [0.25, 0.3) is 0 Å². The molecule has 2 aromatic rings. The highest BCUT2D eigenvalue weighted by Crippen LogP contribution is 2.38. The summed E-state index contributed by atoms with van der Waals surface area (Å²) in [5.74, 6) is 1.39. The van der Waals surface area contributed by atoms with Crippen molar-refractivity contribution in [2.45, 2.75) is 6.54 Å². The summed E-state index contributed by atoms with van der Waals surface area (Å²) in [6, 6.07) is 9.29. The smallest absolute Gasteiger partial charge is 0.163 e. The normalized spacial score (nSPS) is 13.1. The van der Waals surface area contributed by atoms with Crippen molar-refractivity contribution in [3.05, 3.63) is 50.4 Å². The summed E-state index contributed by atoms with van der Waals surface area (Å²) in [7, 11) is 0. The molecule has 0 saturated carbocycles. The van der Waals surface area contributed by atoms with Crippen molar-refractivity contribution in [1.29, 1.82) is 0 Å². The summed E-state index contributed by atoms with van der Waals surface area (Å²) >= 11 is 15.8.